The number of rotatable bonds is 8. The molecule has 0 atom stereocenters. The van der Waals surface area contributed by atoms with E-state index in [2.05, 4.69) is 18.7 Å². The smallest absolute Gasteiger partial charge is 0.324 e. The summed E-state index contributed by atoms with van der Waals surface area (Å²) in [5.74, 6) is -0.672. The van der Waals surface area contributed by atoms with Crippen molar-refractivity contribution in [1.82, 2.24) is 4.90 Å². The Morgan fingerprint density at radius 2 is 1.47 bits per heavy atom. The molecule has 3 nitrogen and oxygen atoms in total. The summed E-state index contributed by atoms with van der Waals surface area (Å²) < 4.78 is 0. The highest BCUT2D eigenvalue weighted by Gasteiger charge is 2.39. The number of carboxylic acids is 1. The predicted molar refractivity (Wildman–Crippen MR) is 63.1 cm³/mol. The molecule has 0 saturated carbocycles. The summed E-state index contributed by atoms with van der Waals surface area (Å²) in [6.45, 7) is 9.89. The van der Waals surface area contributed by atoms with Gasteiger partial charge in [-0.1, -0.05) is 27.7 Å². The summed E-state index contributed by atoms with van der Waals surface area (Å²) in [4.78, 5) is 13.6. The first-order valence-electron chi connectivity index (χ1n) is 6.07. The van der Waals surface area contributed by atoms with Gasteiger partial charge in [-0.25, -0.2) is 0 Å². The average molecular weight is 215 g/mol. The van der Waals surface area contributed by atoms with E-state index in [0.29, 0.717) is 12.8 Å². The second kappa shape index (κ2) is 6.83. The number of nitrogens with zero attached hydrogens (tertiary/aromatic N) is 1. The van der Waals surface area contributed by atoms with Crippen LogP contribution in [0.4, 0.5) is 0 Å². The average Bonchev–Trinajstić information content (AvgIpc) is 2.20. The minimum atomic E-state index is -0.672. The first-order chi connectivity index (χ1) is 7.08. The van der Waals surface area contributed by atoms with Gasteiger partial charge in [-0.3, -0.25) is 9.69 Å². The normalized spacial score (nSPS) is 12.1. The monoisotopic (exact) mass is 215 g/mol. The van der Waals surface area contributed by atoms with Crippen molar-refractivity contribution < 1.29 is 9.90 Å². The fourth-order valence-corrected chi connectivity index (χ4v) is 2.21. The summed E-state index contributed by atoms with van der Waals surface area (Å²) in [6.07, 6.45) is 3.38. The molecule has 0 rings (SSSR count). The summed E-state index contributed by atoms with van der Waals surface area (Å²) in [5, 5.41) is 9.41. The van der Waals surface area contributed by atoms with E-state index in [1.807, 2.05) is 13.8 Å². The van der Waals surface area contributed by atoms with Crippen LogP contribution in [0.3, 0.4) is 0 Å². The molecule has 0 aromatic heterocycles. The standard InChI is InChI=1S/C12H25NO2/c1-5-9-13(10-6-2)12(7-3,8-4)11(14)15/h5-10H2,1-4H3,(H,14,15). The zero-order valence-electron chi connectivity index (χ0n) is 10.5. The number of carbonyl (C=O) groups is 1. The Labute approximate surface area is 93.5 Å². The zero-order chi connectivity index (χ0) is 11.9. The van der Waals surface area contributed by atoms with Gasteiger partial charge in [0.25, 0.3) is 0 Å². The van der Waals surface area contributed by atoms with Crippen molar-refractivity contribution in [3.05, 3.63) is 0 Å². The van der Waals surface area contributed by atoms with Crippen LogP contribution < -0.4 is 0 Å². The molecule has 0 aromatic carbocycles. The van der Waals surface area contributed by atoms with Gasteiger partial charge in [0.2, 0.25) is 0 Å². The van der Waals surface area contributed by atoms with Gasteiger partial charge in [0.15, 0.2) is 0 Å². The van der Waals surface area contributed by atoms with Crippen LogP contribution in [-0.4, -0.2) is 34.6 Å². The maximum absolute atomic E-state index is 11.4. The van der Waals surface area contributed by atoms with Crippen molar-refractivity contribution in [2.24, 2.45) is 0 Å². The topological polar surface area (TPSA) is 40.5 Å². The molecule has 0 aliphatic rings. The van der Waals surface area contributed by atoms with E-state index >= 15 is 0 Å². The fraction of sp³-hybridized carbons (Fsp3) is 0.917. The van der Waals surface area contributed by atoms with Crippen molar-refractivity contribution in [3.8, 4) is 0 Å². The Kier molecular flexibility index (Phi) is 6.57. The van der Waals surface area contributed by atoms with Gasteiger partial charge in [-0.2, -0.15) is 0 Å². The lowest BCUT2D eigenvalue weighted by molar-refractivity contribution is -0.152. The lowest BCUT2D eigenvalue weighted by Gasteiger charge is -2.39. The van der Waals surface area contributed by atoms with Crippen LogP contribution in [0.2, 0.25) is 0 Å². The lowest BCUT2D eigenvalue weighted by atomic mass is 9.90. The van der Waals surface area contributed by atoms with Gasteiger partial charge in [0.1, 0.15) is 5.54 Å². The Bertz CT molecular complexity index is 182. The van der Waals surface area contributed by atoms with E-state index in [0.717, 1.165) is 25.9 Å². The van der Waals surface area contributed by atoms with Crippen LogP contribution in [0.15, 0.2) is 0 Å². The molecule has 0 aliphatic carbocycles. The van der Waals surface area contributed by atoms with Crippen LogP contribution in [0.25, 0.3) is 0 Å². The molecule has 0 aliphatic heterocycles. The van der Waals surface area contributed by atoms with Gasteiger partial charge in [-0.15, -0.1) is 0 Å². The van der Waals surface area contributed by atoms with Gasteiger partial charge in [0, 0.05) is 0 Å². The van der Waals surface area contributed by atoms with Crippen molar-refractivity contribution >= 4 is 5.97 Å². The molecule has 0 heterocycles. The molecule has 0 saturated heterocycles. The van der Waals surface area contributed by atoms with E-state index in [1.165, 1.54) is 0 Å². The highest BCUT2D eigenvalue weighted by molar-refractivity contribution is 5.78. The molecular formula is C12H25NO2. The summed E-state index contributed by atoms with van der Waals surface area (Å²) in [6, 6.07) is 0. The summed E-state index contributed by atoms with van der Waals surface area (Å²) in [7, 11) is 0. The first kappa shape index (κ1) is 14.4. The van der Waals surface area contributed by atoms with Crippen LogP contribution in [-0.2, 0) is 4.79 Å². The van der Waals surface area contributed by atoms with Crippen molar-refractivity contribution in [3.63, 3.8) is 0 Å². The molecule has 15 heavy (non-hydrogen) atoms. The maximum atomic E-state index is 11.4. The van der Waals surface area contributed by atoms with Crippen molar-refractivity contribution in [2.45, 2.75) is 58.9 Å². The van der Waals surface area contributed by atoms with Crippen molar-refractivity contribution in [2.75, 3.05) is 13.1 Å². The first-order valence-corrected chi connectivity index (χ1v) is 6.07. The Hall–Kier alpha value is -0.570. The van der Waals surface area contributed by atoms with Gasteiger partial charge in [-0.05, 0) is 38.8 Å². The van der Waals surface area contributed by atoms with Gasteiger partial charge < -0.3 is 5.11 Å². The summed E-state index contributed by atoms with van der Waals surface area (Å²) >= 11 is 0. The molecule has 0 unspecified atom stereocenters. The molecule has 0 spiro atoms. The molecule has 3 heteroatoms. The molecule has 0 bridgehead atoms. The molecule has 0 radical (unpaired) electrons. The van der Waals surface area contributed by atoms with Crippen LogP contribution in [0, 0.1) is 0 Å². The predicted octanol–water partition coefficient (Wildman–Crippen LogP) is 2.75. The van der Waals surface area contributed by atoms with E-state index in [-0.39, 0.29) is 0 Å². The Balaban J connectivity index is 4.87. The second-order valence-corrected chi connectivity index (χ2v) is 4.03. The highest BCUT2D eigenvalue weighted by atomic mass is 16.4. The van der Waals surface area contributed by atoms with E-state index in [4.69, 9.17) is 0 Å². The Morgan fingerprint density at radius 1 is 1.07 bits per heavy atom. The fourth-order valence-electron chi connectivity index (χ4n) is 2.21. The number of aliphatic carboxylic acids is 1. The second-order valence-electron chi connectivity index (χ2n) is 4.03. The minimum Gasteiger partial charge on any atom is -0.480 e. The SMILES string of the molecule is CCCN(CCC)C(CC)(CC)C(=O)O. The van der Waals surface area contributed by atoms with Crippen LogP contribution in [0.1, 0.15) is 53.4 Å². The Morgan fingerprint density at radius 3 is 1.67 bits per heavy atom. The van der Waals surface area contributed by atoms with E-state index in [9.17, 15) is 9.90 Å². The number of carboxylic acid groups (broad SMARTS) is 1. The van der Waals surface area contributed by atoms with Gasteiger partial charge >= 0.3 is 5.97 Å². The quantitative estimate of drug-likeness (QED) is 0.677. The zero-order valence-corrected chi connectivity index (χ0v) is 10.5. The largest absolute Gasteiger partial charge is 0.480 e. The number of hydrogen-bond donors (Lipinski definition) is 1. The minimum absolute atomic E-state index is 0.647. The van der Waals surface area contributed by atoms with Crippen molar-refractivity contribution in [1.29, 1.82) is 0 Å². The molecule has 0 amide bonds. The highest BCUT2D eigenvalue weighted by Crippen LogP contribution is 2.25. The maximum Gasteiger partial charge on any atom is 0.324 e. The van der Waals surface area contributed by atoms with Crippen LogP contribution in [0.5, 0.6) is 0 Å². The van der Waals surface area contributed by atoms with E-state index < -0.39 is 11.5 Å². The van der Waals surface area contributed by atoms with E-state index in [1.54, 1.807) is 0 Å². The van der Waals surface area contributed by atoms with Crippen LogP contribution >= 0.6 is 0 Å². The number of hydrogen-bond acceptors (Lipinski definition) is 2. The molecule has 0 aromatic rings. The lowest BCUT2D eigenvalue weighted by Crippen LogP contribution is -2.54. The third kappa shape index (κ3) is 3.20. The summed E-state index contributed by atoms with van der Waals surface area (Å²) in [5.41, 5.74) is -0.647. The molecule has 1 N–H and O–H groups in total. The van der Waals surface area contributed by atoms with Gasteiger partial charge in [0.05, 0.1) is 0 Å². The molecule has 90 valence electrons. The third-order valence-electron chi connectivity index (χ3n) is 3.16. The molecular weight excluding hydrogens is 190 g/mol. The third-order valence-corrected chi connectivity index (χ3v) is 3.16. The molecule has 0 fully saturated rings.